The quantitative estimate of drug-likeness (QED) is 0.0851. The predicted octanol–water partition coefficient (Wildman–Crippen LogP) is 12.3. The molecule has 4 unspecified atom stereocenters. The maximum Gasteiger partial charge on any atom is 0.157 e. The summed E-state index contributed by atoms with van der Waals surface area (Å²) in [6.07, 6.45) is 13.4. The van der Waals surface area contributed by atoms with Gasteiger partial charge in [0.05, 0.1) is 25.6 Å². The van der Waals surface area contributed by atoms with Gasteiger partial charge in [-0.15, -0.1) is 0 Å². The highest BCUT2D eigenvalue weighted by Crippen LogP contribution is 2.40. The molecule has 0 radical (unpaired) electrons. The first kappa shape index (κ1) is 42.3. The van der Waals surface area contributed by atoms with Gasteiger partial charge < -0.3 is 19.1 Å². The molecule has 4 fully saturated rings. The molecule has 8 nitrogen and oxygen atoms in total. The molecule has 8 heteroatoms. The molecule has 64 heavy (non-hydrogen) atoms. The van der Waals surface area contributed by atoms with E-state index in [2.05, 4.69) is 94.7 Å². The van der Waals surface area contributed by atoms with Crippen LogP contribution in [0, 0.1) is 11.8 Å². The number of methoxy groups -OCH3 is 2. The second kappa shape index (κ2) is 19.6. The van der Waals surface area contributed by atoms with Crippen LogP contribution < -0.4 is 19.1 Å². The van der Waals surface area contributed by atoms with E-state index in [9.17, 15) is 0 Å². The zero-order chi connectivity index (χ0) is 43.2. The minimum absolute atomic E-state index is 0.270. The summed E-state index contributed by atoms with van der Waals surface area (Å²) in [6, 6.07) is 45.9. The van der Waals surface area contributed by atoms with Crippen molar-refractivity contribution in [3.63, 3.8) is 0 Å². The van der Waals surface area contributed by atoms with E-state index in [-0.39, 0.29) is 5.92 Å². The molecule has 330 valence electrons. The fraction of sp³-hybridized carbons (Fsp3) is 0.393. The van der Waals surface area contributed by atoms with Gasteiger partial charge in [-0.3, -0.25) is 9.80 Å². The number of piperidine rings is 2. The highest BCUT2D eigenvalue weighted by atomic mass is 16.6. The van der Waals surface area contributed by atoms with Crippen LogP contribution in [0.1, 0.15) is 93.2 Å². The van der Waals surface area contributed by atoms with E-state index in [0.29, 0.717) is 23.9 Å². The first-order valence-corrected chi connectivity index (χ1v) is 23.9. The maximum absolute atomic E-state index is 6.39. The lowest BCUT2D eigenvalue weighted by atomic mass is 9.87. The summed E-state index contributed by atoms with van der Waals surface area (Å²) in [6.45, 7) is 4.33. The number of hydrogen-bond acceptors (Lipinski definition) is 8. The molecule has 0 amide bonds. The predicted molar refractivity (Wildman–Crippen MR) is 259 cm³/mol. The minimum atomic E-state index is 0.270. The second-order valence-electron chi connectivity index (χ2n) is 18.6. The Bertz CT molecular complexity index is 2590. The number of rotatable bonds is 13. The third-order valence-corrected chi connectivity index (χ3v) is 14.7. The van der Waals surface area contributed by atoms with Crippen LogP contribution in [-0.4, -0.2) is 73.7 Å². The fourth-order valence-corrected chi connectivity index (χ4v) is 11.2. The molecule has 2 heterocycles. The van der Waals surface area contributed by atoms with Gasteiger partial charge in [-0.1, -0.05) is 89.9 Å². The Morgan fingerprint density at radius 2 is 0.969 bits per heavy atom. The SMILES string of the molecule is COc1ccc2cc(/C(=N/Oc3ccc(C4CCC(N5CCCC(/C(=N\Oc6ccccc6)c6ccc7cc(OC)ccc7c6)C5)C4)cc3)C3CCCN(C4CCCC4)C3)ccc2c1. The summed E-state index contributed by atoms with van der Waals surface area (Å²) < 4.78 is 11.0. The number of benzene rings is 6. The topological polar surface area (TPSA) is 68.1 Å². The smallest absolute Gasteiger partial charge is 0.157 e. The summed E-state index contributed by atoms with van der Waals surface area (Å²) >= 11 is 0. The lowest BCUT2D eigenvalue weighted by Crippen LogP contribution is -2.44. The number of oxime groups is 2. The van der Waals surface area contributed by atoms with E-state index >= 15 is 0 Å². The third-order valence-electron chi connectivity index (χ3n) is 14.7. The average Bonchev–Trinajstić information content (AvgIpc) is 4.09. The molecule has 10 rings (SSSR count). The van der Waals surface area contributed by atoms with Gasteiger partial charge in [0.15, 0.2) is 11.5 Å². The summed E-state index contributed by atoms with van der Waals surface area (Å²) in [5, 5.41) is 14.6. The van der Waals surface area contributed by atoms with Gasteiger partial charge in [0.25, 0.3) is 0 Å². The Kier molecular flexibility index (Phi) is 12.9. The normalized spacial score (nSPS) is 22.8. The van der Waals surface area contributed by atoms with Crippen molar-refractivity contribution in [2.45, 2.75) is 88.6 Å². The Morgan fingerprint density at radius 3 is 1.53 bits per heavy atom. The first-order valence-electron chi connectivity index (χ1n) is 23.9. The molecular formula is C56H62N4O4. The number of nitrogens with zero attached hydrogens (tertiary/aromatic N) is 4. The summed E-state index contributed by atoms with van der Waals surface area (Å²) in [5.41, 5.74) is 5.74. The van der Waals surface area contributed by atoms with Crippen LogP contribution in [-0.2, 0) is 0 Å². The molecule has 0 N–H and O–H groups in total. The van der Waals surface area contributed by atoms with Crippen LogP contribution in [0.2, 0.25) is 0 Å². The van der Waals surface area contributed by atoms with Crippen LogP contribution in [0.25, 0.3) is 21.5 Å². The number of hydrogen-bond donors (Lipinski definition) is 0. The zero-order valence-corrected chi connectivity index (χ0v) is 37.5. The molecule has 4 atom stereocenters. The molecule has 0 aromatic heterocycles. The van der Waals surface area contributed by atoms with Crippen LogP contribution in [0.5, 0.6) is 23.0 Å². The van der Waals surface area contributed by atoms with Crippen LogP contribution in [0.4, 0.5) is 0 Å². The van der Waals surface area contributed by atoms with E-state index in [1.807, 2.05) is 42.5 Å². The van der Waals surface area contributed by atoms with Gasteiger partial charge in [0.1, 0.15) is 11.5 Å². The molecule has 0 spiro atoms. The Balaban J connectivity index is 0.830. The largest absolute Gasteiger partial charge is 0.497 e. The first-order chi connectivity index (χ1) is 31.6. The van der Waals surface area contributed by atoms with Crippen molar-refractivity contribution < 1.29 is 19.1 Å². The summed E-state index contributed by atoms with van der Waals surface area (Å²) in [4.78, 5) is 18.0. The molecule has 0 bridgehead atoms. The number of para-hydroxylation sites is 1. The van der Waals surface area contributed by atoms with Crippen molar-refractivity contribution >= 4 is 33.0 Å². The van der Waals surface area contributed by atoms with Gasteiger partial charge in [0, 0.05) is 48.1 Å². The van der Waals surface area contributed by atoms with Crippen LogP contribution >= 0.6 is 0 Å². The van der Waals surface area contributed by atoms with Crippen molar-refractivity contribution in [2.75, 3.05) is 40.4 Å². The zero-order valence-electron chi connectivity index (χ0n) is 37.5. The van der Waals surface area contributed by atoms with E-state index < -0.39 is 0 Å². The third kappa shape index (κ3) is 9.55. The summed E-state index contributed by atoms with van der Waals surface area (Å²) in [5.74, 6) is 4.39. The lowest BCUT2D eigenvalue weighted by molar-refractivity contribution is 0.145. The molecule has 4 aliphatic rings. The van der Waals surface area contributed by atoms with Crippen molar-refractivity contribution in [1.82, 2.24) is 9.80 Å². The molecule has 2 saturated carbocycles. The number of fused-ring (bicyclic) bond motifs is 2. The Morgan fingerprint density at radius 1 is 0.469 bits per heavy atom. The van der Waals surface area contributed by atoms with Crippen molar-refractivity contribution in [3.05, 3.63) is 144 Å². The van der Waals surface area contributed by atoms with Crippen molar-refractivity contribution in [1.29, 1.82) is 0 Å². The minimum Gasteiger partial charge on any atom is -0.497 e. The molecule has 6 aromatic rings. The Labute approximate surface area is 378 Å². The molecular weight excluding hydrogens is 793 g/mol. The molecule has 2 aliphatic heterocycles. The molecule has 2 aliphatic carbocycles. The van der Waals surface area contributed by atoms with Gasteiger partial charge in [-0.25, -0.2) is 0 Å². The van der Waals surface area contributed by atoms with Gasteiger partial charge >= 0.3 is 0 Å². The summed E-state index contributed by atoms with van der Waals surface area (Å²) in [7, 11) is 3.44. The molecule has 2 saturated heterocycles. The fourth-order valence-electron chi connectivity index (χ4n) is 11.2. The standard InChI is InChI=1S/C56H62N4O4/c1-61-53-28-23-40-32-45(18-16-43(40)35-53)55(47-10-8-30-59(37-47)49-12-6-7-13-49)58-64-52-26-21-39(22-27-52)42-20-25-50(34-42)60-31-9-11-48(38-60)56(57-63-51-14-4-3-5-15-51)46-19-17-44-36-54(62-2)29-24-41(44)33-46/h3-5,14-19,21-24,26-29,32-33,35-36,42,47-50H,6-13,20,25,30-31,34,37-38H2,1-2H3/b57-56-,58-55-. The van der Waals surface area contributed by atoms with Crippen molar-refractivity contribution in [3.8, 4) is 23.0 Å². The van der Waals surface area contributed by atoms with Gasteiger partial charge in [-0.2, -0.15) is 0 Å². The number of ether oxygens (including phenoxy) is 2. The van der Waals surface area contributed by atoms with Crippen molar-refractivity contribution in [2.24, 2.45) is 22.1 Å². The average molecular weight is 855 g/mol. The van der Waals surface area contributed by atoms with Crippen LogP contribution in [0.15, 0.2) is 138 Å². The number of likely N-dealkylation sites (tertiary alicyclic amines) is 2. The van der Waals surface area contributed by atoms with Gasteiger partial charge in [0.2, 0.25) is 0 Å². The lowest BCUT2D eigenvalue weighted by Gasteiger charge is -2.37. The highest BCUT2D eigenvalue weighted by Gasteiger charge is 2.35. The highest BCUT2D eigenvalue weighted by molar-refractivity contribution is 6.06. The second-order valence-corrected chi connectivity index (χ2v) is 18.6. The monoisotopic (exact) mass is 854 g/mol. The van der Waals surface area contributed by atoms with E-state index in [4.69, 9.17) is 29.5 Å². The molecule has 6 aromatic carbocycles. The van der Waals surface area contributed by atoms with Gasteiger partial charge in [-0.05, 0) is 165 Å². The Hall–Kier alpha value is -5.70. The van der Waals surface area contributed by atoms with E-state index in [1.54, 1.807) is 14.2 Å². The van der Waals surface area contributed by atoms with E-state index in [1.165, 1.54) is 73.2 Å². The van der Waals surface area contributed by atoms with E-state index in [0.717, 1.165) is 96.3 Å². The van der Waals surface area contributed by atoms with Crippen LogP contribution in [0.3, 0.4) is 0 Å². The maximum atomic E-state index is 6.39.